The summed E-state index contributed by atoms with van der Waals surface area (Å²) in [4.78, 5) is -0.332. The van der Waals surface area contributed by atoms with Crippen molar-refractivity contribution in [2.45, 2.75) is 55.8 Å². The van der Waals surface area contributed by atoms with Gasteiger partial charge in [0.15, 0.2) is 0 Å². The zero-order valence-electron chi connectivity index (χ0n) is 13.6. The summed E-state index contributed by atoms with van der Waals surface area (Å²) in [5.74, 6) is -1.37. The van der Waals surface area contributed by atoms with Gasteiger partial charge < -0.3 is 5.11 Å². The van der Waals surface area contributed by atoms with Crippen molar-refractivity contribution in [1.82, 2.24) is 4.41 Å². The molecule has 0 bridgehead atoms. The number of benzene rings is 1. The van der Waals surface area contributed by atoms with Crippen molar-refractivity contribution in [3.8, 4) is 0 Å². The van der Waals surface area contributed by atoms with Crippen molar-refractivity contribution in [3.63, 3.8) is 0 Å². The number of aryl methyl sites for hydroxylation is 1. The lowest BCUT2D eigenvalue weighted by molar-refractivity contribution is -0.306. The zero-order valence-corrected chi connectivity index (χ0v) is 14.4. The number of rotatable bonds is 2. The number of hydrogen-bond acceptors (Lipinski definition) is 4. The summed E-state index contributed by atoms with van der Waals surface area (Å²) < 4.78 is 66.8. The topological polar surface area (TPSA) is 70.0 Å². The summed E-state index contributed by atoms with van der Waals surface area (Å²) >= 11 is 0. The molecular formula is C16H19F3N2O3S. The molecule has 3 rings (SSSR count). The Morgan fingerprint density at radius 2 is 1.84 bits per heavy atom. The maximum absolute atomic E-state index is 13.8. The first-order valence-electron chi connectivity index (χ1n) is 8.07. The fourth-order valence-electron chi connectivity index (χ4n) is 3.40. The molecule has 25 heavy (non-hydrogen) atoms. The minimum atomic E-state index is -5.16. The van der Waals surface area contributed by atoms with E-state index in [9.17, 15) is 26.7 Å². The molecule has 5 nitrogen and oxygen atoms in total. The standard InChI is InChI=1S/C16H19F3N2O3S/c1-11-7-9-12(10-8-11)25(23,24)21-15(22,16(17,18)19)13-5-3-2-4-6-14(13)20-21/h7-10,13,22H,2-6H2,1H3/t13-,15-/m1/s1. The average Bonchev–Trinajstić information content (AvgIpc) is 2.69. The molecule has 1 saturated carbocycles. The van der Waals surface area contributed by atoms with E-state index < -0.39 is 27.8 Å². The first kappa shape index (κ1) is 18.2. The summed E-state index contributed by atoms with van der Waals surface area (Å²) in [5, 5.41) is 14.3. The molecule has 1 aliphatic carbocycles. The van der Waals surface area contributed by atoms with Gasteiger partial charge in [0.2, 0.25) is 0 Å². The fourth-order valence-corrected chi connectivity index (χ4v) is 4.89. The van der Waals surface area contributed by atoms with Gasteiger partial charge in [-0.25, -0.2) is 0 Å². The molecule has 1 aliphatic heterocycles. The average molecular weight is 376 g/mol. The van der Waals surface area contributed by atoms with Crippen LogP contribution >= 0.6 is 0 Å². The molecule has 0 amide bonds. The van der Waals surface area contributed by atoms with Crippen LogP contribution < -0.4 is 0 Å². The van der Waals surface area contributed by atoms with Crippen LogP contribution in [0.2, 0.25) is 0 Å². The van der Waals surface area contributed by atoms with Crippen LogP contribution in [0.1, 0.15) is 37.7 Å². The molecule has 0 radical (unpaired) electrons. The molecule has 1 N–H and O–H groups in total. The molecule has 2 atom stereocenters. The third-order valence-corrected chi connectivity index (χ3v) is 6.47. The summed E-state index contributed by atoms with van der Waals surface area (Å²) in [6, 6.07) is 5.41. The third kappa shape index (κ3) is 2.83. The number of hydrazone groups is 1. The van der Waals surface area contributed by atoms with Gasteiger partial charge in [-0.15, -0.1) is 4.41 Å². The second-order valence-corrected chi connectivity index (χ2v) is 8.30. The highest BCUT2D eigenvalue weighted by Gasteiger charge is 2.69. The minimum Gasteiger partial charge on any atom is -0.361 e. The normalized spacial score (nSPS) is 27.6. The van der Waals surface area contributed by atoms with E-state index in [1.165, 1.54) is 24.3 Å². The van der Waals surface area contributed by atoms with Crippen LogP contribution in [0.25, 0.3) is 0 Å². The third-order valence-electron chi connectivity index (χ3n) is 4.79. The molecule has 9 heteroatoms. The number of alkyl halides is 3. The number of hydrogen-bond donors (Lipinski definition) is 1. The largest absolute Gasteiger partial charge is 0.439 e. The number of fused-ring (bicyclic) bond motifs is 1. The van der Waals surface area contributed by atoms with Crippen molar-refractivity contribution in [2.24, 2.45) is 11.0 Å². The van der Waals surface area contributed by atoms with Gasteiger partial charge in [-0.05, 0) is 38.3 Å². The Morgan fingerprint density at radius 1 is 1.20 bits per heavy atom. The van der Waals surface area contributed by atoms with Crippen molar-refractivity contribution >= 4 is 15.7 Å². The molecule has 2 aliphatic rings. The molecule has 0 saturated heterocycles. The molecule has 1 aromatic rings. The van der Waals surface area contributed by atoms with Gasteiger partial charge in [-0.2, -0.15) is 26.7 Å². The van der Waals surface area contributed by atoms with Crippen molar-refractivity contribution < 1.29 is 26.7 Å². The van der Waals surface area contributed by atoms with E-state index in [0.717, 1.165) is 12.0 Å². The van der Waals surface area contributed by atoms with E-state index in [1.54, 1.807) is 6.92 Å². The lowest BCUT2D eigenvalue weighted by Crippen LogP contribution is -2.60. The predicted octanol–water partition coefficient (Wildman–Crippen LogP) is 3.19. The number of nitrogens with zero attached hydrogens (tertiary/aromatic N) is 2. The minimum absolute atomic E-state index is 0.0504. The predicted molar refractivity (Wildman–Crippen MR) is 85.2 cm³/mol. The Kier molecular flexibility index (Phi) is 4.35. The van der Waals surface area contributed by atoms with E-state index in [1.807, 2.05) is 0 Å². The van der Waals surface area contributed by atoms with E-state index in [0.29, 0.717) is 12.8 Å². The van der Waals surface area contributed by atoms with Crippen LogP contribution in [-0.4, -0.2) is 35.6 Å². The lowest BCUT2D eigenvalue weighted by Gasteiger charge is -2.37. The second-order valence-electron chi connectivity index (χ2n) is 6.53. The quantitative estimate of drug-likeness (QED) is 0.862. The Hall–Kier alpha value is -1.61. The van der Waals surface area contributed by atoms with Gasteiger partial charge in [-0.1, -0.05) is 30.5 Å². The van der Waals surface area contributed by atoms with Crippen LogP contribution in [0.15, 0.2) is 34.3 Å². The Balaban J connectivity index is 2.13. The molecule has 1 aromatic carbocycles. The maximum atomic E-state index is 13.8. The van der Waals surface area contributed by atoms with Crippen molar-refractivity contribution in [3.05, 3.63) is 29.8 Å². The van der Waals surface area contributed by atoms with Crippen LogP contribution in [0.4, 0.5) is 13.2 Å². The van der Waals surface area contributed by atoms with Crippen LogP contribution in [0.3, 0.4) is 0 Å². The molecule has 0 spiro atoms. The summed E-state index contributed by atoms with van der Waals surface area (Å²) in [7, 11) is -4.64. The Bertz CT molecular complexity index is 790. The summed E-state index contributed by atoms with van der Waals surface area (Å²) in [6.07, 6.45) is -3.01. The highest BCUT2D eigenvalue weighted by molar-refractivity contribution is 7.89. The molecular weight excluding hydrogens is 357 g/mol. The summed E-state index contributed by atoms with van der Waals surface area (Å²) in [6.45, 7) is 1.73. The van der Waals surface area contributed by atoms with Crippen LogP contribution in [0, 0.1) is 12.8 Å². The fraction of sp³-hybridized carbons (Fsp3) is 0.562. The number of sulfonamides is 1. The van der Waals surface area contributed by atoms with Crippen molar-refractivity contribution in [2.75, 3.05) is 0 Å². The van der Waals surface area contributed by atoms with Crippen LogP contribution in [-0.2, 0) is 10.0 Å². The first-order valence-corrected chi connectivity index (χ1v) is 9.51. The smallest absolute Gasteiger partial charge is 0.361 e. The van der Waals surface area contributed by atoms with Gasteiger partial charge in [0.05, 0.1) is 10.8 Å². The highest BCUT2D eigenvalue weighted by Crippen LogP contribution is 2.49. The molecule has 1 heterocycles. The van der Waals surface area contributed by atoms with Gasteiger partial charge in [0.1, 0.15) is 0 Å². The van der Waals surface area contributed by atoms with Gasteiger partial charge >= 0.3 is 6.18 Å². The van der Waals surface area contributed by atoms with Crippen LogP contribution in [0.5, 0.6) is 0 Å². The first-order chi connectivity index (χ1) is 11.6. The monoisotopic (exact) mass is 376 g/mol. The SMILES string of the molecule is Cc1ccc(S(=O)(=O)N2N=C3CCCCC[C@H]3[C@@]2(O)C(F)(F)F)cc1. The van der Waals surface area contributed by atoms with Gasteiger partial charge in [0, 0.05) is 5.71 Å². The van der Waals surface area contributed by atoms with Gasteiger partial charge in [-0.3, -0.25) is 0 Å². The molecule has 1 fully saturated rings. The molecule has 0 aromatic heterocycles. The lowest BCUT2D eigenvalue weighted by atomic mass is 9.88. The number of halogens is 3. The second kappa shape index (κ2) is 5.98. The van der Waals surface area contributed by atoms with E-state index in [-0.39, 0.29) is 27.9 Å². The summed E-state index contributed by atoms with van der Waals surface area (Å²) in [5.41, 5.74) is -2.67. The van der Waals surface area contributed by atoms with Gasteiger partial charge in [0.25, 0.3) is 15.7 Å². The Morgan fingerprint density at radius 3 is 2.44 bits per heavy atom. The zero-order chi connectivity index (χ0) is 18.5. The Labute approximate surface area is 144 Å². The highest BCUT2D eigenvalue weighted by atomic mass is 32.2. The van der Waals surface area contributed by atoms with E-state index >= 15 is 0 Å². The maximum Gasteiger partial charge on any atom is 0.439 e. The number of aliphatic hydroxyl groups is 1. The van der Waals surface area contributed by atoms with Crippen molar-refractivity contribution in [1.29, 1.82) is 0 Å². The molecule has 138 valence electrons. The van der Waals surface area contributed by atoms with E-state index in [4.69, 9.17) is 0 Å². The van der Waals surface area contributed by atoms with E-state index in [2.05, 4.69) is 5.10 Å². The molecule has 0 unspecified atom stereocenters.